The SMILES string of the molecule is CCCc1ncccc1C(=O)OCC. The Hall–Kier alpha value is -1.38. The lowest BCUT2D eigenvalue weighted by Gasteiger charge is -2.05. The molecule has 0 amide bonds. The molecular weight excluding hydrogens is 178 g/mol. The summed E-state index contributed by atoms with van der Waals surface area (Å²) >= 11 is 0. The first kappa shape index (κ1) is 10.7. The molecule has 0 aromatic carbocycles. The smallest absolute Gasteiger partial charge is 0.339 e. The fraction of sp³-hybridized carbons (Fsp3) is 0.455. The molecule has 0 unspecified atom stereocenters. The number of hydrogen-bond donors (Lipinski definition) is 0. The highest BCUT2D eigenvalue weighted by Gasteiger charge is 2.11. The van der Waals surface area contributed by atoms with Crippen molar-refractivity contribution in [2.24, 2.45) is 0 Å². The summed E-state index contributed by atoms with van der Waals surface area (Å²) in [5.74, 6) is -0.274. The molecule has 3 heteroatoms. The van der Waals surface area contributed by atoms with Crippen molar-refractivity contribution >= 4 is 5.97 Å². The second kappa shape index (κ2) is 5.37. The maximum Gasteiger partial charge on any atom is 0.339 e. The molecule has 0 aliphatic rings. The van der Waals surface area contributed by atoms with Gasteiger partial charge >= 0.3 is 5.97 Å². The summed E-state index contributed by atoms with van der Waals surface area (Å²) in [4.78, 5) is 15.6. The first-order valence-electron chi connectivity index (χ1n) is 4.90. The van der Waals surface area contributed by atoms with E-state index in [9.17, 15) is 4.79 Å². The Labute approximate surface area is 84.1 Å². The fourth-order valence-corrected chi connectivity index (χ4v) is 1.27. The molecule has 76 valence electrons. The van der Waals surface area contributed by atoms with E-state index in [1.54, 1.807) is 25.3 Å². The summed E-state index contributed by atoms with van der Waals surface area (Å²) in [5, 5.41) is 0. The number of nitrogens with zero attached hydrogens (tertiary/aromatic N) is 1. The molecule has 0 spiro atoms. The van der Waals surface area contributed by atoms with Crippen LogP contribution in [0.15, 0.2) is 18.3 Å². The first-order valence-corrected chi connectivity index (χ1v) is 4.90. The van der Waals surface area contributed by atoms with Crippen LogP contribution in [-0.2, 0) is 11.2 Å². The van der Waals surface area contributed by atoms with Crippen molar-refractivity contribution in [1.82, 2.24) is 4.98 Å². The highest BCUT2D eigenvalue weighted by Crippen LogP contribution is 2.09. The number of pyridine rings is 1. The third-order valence-corrected chi connectivity index (χ3v) is 1.87. The van der Waals surface area contributed by atoms with Crippen molar-refractivity contribution < 1.29 is 9.53 Å². The van der Waals surface area contributed by atoms with Gasteiger partial charge in [0.15, 0.2) is 0 Å². The molecule has 0 saturated heterocycles. The zero-order valence-electron chi connectivity index (χ0n) is 8.62. The predicted octanol–water partition coefficient (Wildman–Crippen LogP) is 2.21. The van der Waals surface area contributed by atoms with E-state index >= 15 is 0 Å². The van der Waals surface area contributed by atoms with Crippen LogP contribution in [0.5, 0.6) is 0 Å². The van der Waals surface area contributed by atoms with Crippen LogP contribution in [-0.4, -0.2) is 17.6 Å². The van der Waals surface area contributed by atoms with Crippen LogP contribution < -0.4 is 0 Å². The molecule has 0 radical (unpaired) electrons. The van der Waals surface area contributed by atoms with E-state index in [-0.39, 0.29) is 5.97 Å². The van der Waals surface area contributed by atoms with Gasteiger partial charge in [0.05, 0.1) is 17.9 Å². The van der Waals surface area contributed by atoms with Crippen LogP contribution in [0.25, 0.3) is 0 Å². The van der Waals surface area contributed by atoms with Crippen LogP contribution >= 0.6 is 0 Å². The molecule has 0 aliphatic heterocycles. The average Bonchev–Trinajstić information content (AvgIpc) is 2.19. The molecule has 1 aromatic heterocycles. The monoisotopic (exact) mass is 193 g/mol. The lowest BCUT2D eigenvalue weighted by atomic mass is 10.1. The van der Waals surface area contributed by atoms with E-state index in [0.717, 1.165) is 18.5 Å². The van der Waals surface area contributed by atoms with Gasteiger partial charge in [-0.15, -0.1) is 0 Å². The number of rotatable bonds is 4. The predicted molar refractivity (Wildman–Crippen MR) is 54.2 cm³/mol. The van der Waals surface area contributed by atoms with Gasteiger partial charge in [0.1, 0.15) is 0 Å². The van der Waals surface area contributed by atoms with Crippen molar-refractivity contribution in [2.75, 3.05) is 6.61 Å². The second-order valence-corrected chi connectivity index (χ2v) is 2.97. The Morgan fingerprint density at radius 3 is 2.93 bits per heavy atom. The van der Waals surface area contributed by atoms with Crippen LogP contribution in [0.3, 0.4) is 0 Å². The molecule has 1 aromatic rings. The van der Waals surface area contributed by atoms with Crippen molar-refractivity contribution in [2.45, 2.75) is 26.7 Å². The second-order valence-electron chi connectivity index (χ2n) is 2.97. The molecular formula is C11H15NO2. The zero-order chi connectivity index (χ0) is 10.4. The lowest BCUT2D eigenvalue weighted by molar-refractivity contribution is 0.0524. The van der Waals surface area contributed by atoms with E-state index in [1.165, 1.54) is 0 Å². The van der Waals surface area contributed by atoms with Crippen molar-refractivity contribution in [3.05, 3.63) is 29.6 Å². The van der Waals surface area contributed by atoms with Gasteiger partial charge in [-0.05, 0) is 25.5 Å². The number of aryl methyl sites for hydroxylation is 1. The minimum atomic E-state index is -0.274. The van der Waals surface area contributed by atoms with E-state index in [1.807, 2.05) is 0 Å². The normalized spacial score (nSPS) is 9.86. The number of ether oxygens (including phenoxy) is 1. The zero-order valence-corrected chi connectivity index (χ0v) is 8.62. The first-order chi connectivity index (χ1) is 6.79. The third kappa shape index (κ3) is 2.55. The number of hydrogen-bond acceptors (Lipinski definition) is 3. The van der Waals surface area contributed by atoms with Crippen LogP contribution in [0.1, 0.15) is 36.3 Å². The number of esters is 1. The highest BCUT2D eigenvalue weighted by atomic mass is 16.5. The molecule has 0 aliphatic carbocycles. The van der Waals surface area contributed by atoms with Crippen molar-refractivity contribution in [1.29, 1.82) is 0 Å². The minimum absolute atomic E-state index is 0.274. The average molecular weight is 193 g/mol. The molecule has 1 rings (SSSR count). The summed E-state index contributed by atoms with van der Waals surface area (Å²) in [6.45, 7) is 4.26. The number of aromatic nitrogens is 1. The van der Waals surface area contributed by atoms with Gasteiger partial charge in [0.2, 0.25) is 0 Å². The van der Waals surface area contributed by atoms with Crippen LogP contribution in [0, 0.1) is 0 Å². The lowest BCUT2D eigenvalue weighted by Crippen LogP contribution is -2.09. The molecule has 0 atom stereocenters. The topological polar surface area (TPSA) is 39.2 Å². The third-order valence-electron chi connectivity index (χ3n) is 1.87. The van der Waals surface area contributed by atoms with Gasteiger partial charge in [0, 0.05) is 6.20 Å². The molecule has 0 N–H and O–H groups in total. The molecule has 14 heavy (non-hydrogen) atoms. The van der Waals surface area contributed by atoms with Crippen LogP contribution in [0.4, 0.5) is 0 Å². The molecule has 1 heterocycles. The Balaban J connectivity index is 2.88. The summed E-state index contributed by atoms with van der Waals surface area (Å²) in [5.41, 5.74) is 1.42. The van der Waals surface area contributed by atoms with E-state index in [2.05, 4.69) is 11.9 Å². The molecule has 0 saturated carbocycles. The fourth-order valence-electron chi connectivity index (χ4n) is 1.27. The Morgan fingerprint density at radius 2 is 2.29 bits per heavy atom. The van der Waals surface area contributed by atoms with Gasteiger partial charge in [-0.3, -0.25) is 4.98 Å². The highest BCUT2D eigenvalue weighted by molar-refractivity contribution is 5.90. The standard InChI is InChI=1S/C11H15NO2/c1-3-6-10-9(7-5-8-12-10)11(13)14-4-2/h5,7-8H,3-4,6H2,1-2H3. The van der Waals surface area contributed by atoms with Gasteiger partial charge < -0.3 is 4.74 Å². The number of carbonyl (C=O) groups is 1. The summed E-state index contributed by atoms with van der Waals surface area (Å²) in [6, 6.07) is 3.52. The number of carbonyl (C=O) groups excluding carboxylic acids is 1. The Kier molecular flexibility index (Phi) is 4.11. The summed E-state index contributed by atoms with van der Waals surface area (Å²) in [6.07, 6.45) is 3.49. The van der Waals surface area contributed by atoms with Gasteiger partial charge in [-0.25, -0.2) is 4.79 Å². The molecule has 0 fully saturated rings. The molecule has 0 bridgehead atoms. The van der Waals surface area contributed by atoms with Crippen molar-refractivity contribution in [3.8, 4) is 0 Å². The van der Waals surface area contributed by atoms with Gasteiger partial charge in [-0.2, -0.15) is 0 Å². The van der Waals surface area contributed by atoms with Gasteiger partial charge in [-0.1, -0.05) is 13.3 Å². The van der Waals surface area contributed by atoms with E-state index in [4.69, 9.17) is 4.74 Å². The Bertz CT molecular complexity index is 310. The summed E-state index contributed by atoms with van der Waals surface area (Å²) < 4.78 is 4.94. The largest absolute Gasteiger partial charge is 0.462 e. The van der Waals surface area contributed by atoms with Gasteiger partial charge in [0.25, 0.3) is 0 Å². The maximum absolute atomic E-state index is 11.5. The maximum atomic E-state index is 11.5. The van der Waals surface area contributed by atoms with E-state index in [0.29, 0.717) is 12.2 Å². The van der Waals surface area contributed by atoms with E-state index < -0.39 is 0 Å². The minimum Gasteiger partial charge on any atom is -0.462 e. The summed E-state index contributed by atoms with van der Waals surface area (Å²) in [7, 11) is 0. The van der Waals surface area contributed by atoms with Crippen LogP contribution in [0.2, 0.25) is 0 Å². The van der Waals surface area contributed by atoms with Crippen molar-refractivity contribution in [3.63, 3.8) is 0 Å². The Morgan fingerprint density at radius 1 is 1.50 bits per heavy atom. The quantitative estimate of drug-likeness (QED) is 0.688. The molecule has 3 nitrogen and oxygen atoms in total.